The lowest BCUT2D eigenvalue weighted by molar-refractivity contribution is 0.281. The average Bonchev–Trinajstić information content (AvgIpc) is 2.83. The normalized spacial score (nSPS) is 23.8. The van der Waals surface area contributed by atoms with Crippen molar-refractivity contribution in [3.05, 3.63) is 12.4 Å². The van der Waals surface area contributed by atoms with Crippen molar-refractivity contribution in [2.24, 2.45) is 5.41 Å². The highest BCUT2D eigenvalue weighted by Gasteiger charge is 2.33. The van der Waals surface area contributed by atoms with E-state index in [0.29, 0.717) is 11.5 Å². The summed E-state index contributed by atoms with van der Waals surface area (Å²) >= 11 is 0. The van der Waals surface area contributed by atoms with Crippen LogP contribution in [0.3, 0.4) is 0 Å². The van der Waals surface area contributed by atoms with Crippen molar-refractivity contribution in [2.45, 2.75) is 52.1 Å². The Labute approximate surface area is 97.4 Å². The zero-order valence-corrected chi connectivity index (χ0v) is 10.3. The molecule has 1 aliphatic carbocycles. The second-order valence-corrected chi connectivity index (χ2v) is 5.41. The molecule has 1 aromatic heterocycles. The van der Waals surface area contributed by atoms with Crippen molar-refractivity contribution in [3.8, 4) is 0 Å². The van der Waals surface area contributed by atoms with Gasteiger partial charge in [-0.25, -0.2) is 0 Å². The maximum absolute atomic E-state index is 3.95. The van der Waals surface area contributed by atoms with Gasteiger partial charge in [-0.05, 0) is 31.2 Å². The van der Waals surface area contributed by atoms with Crippen LogP contribution in [0.1, 0.15) is 39.5 Å². The van der Waals surface area contributed by atoms with Crippen LogP contribution in [0.5, 0.6) is 0 Å². The predicted molar refractivity (Wildman–Crippen MR) is 64.1 cm³/mol. The molecule has 1 heterocycles. The molecule has 1 aromatic rings. The van der Waals surface area contributed by atoms with E-state index < -0.39 is 0 Å². The summed E-state index contributed by atoms with van der Waals surface area (Å²) in [5.41, 5.74) is 0.479. The summed E-state index contributed by atoms with van der Waals surface area (Å²) in [6, 6.07) is 0.697. The van der Waals surface area contributed by atoms with Crippen molar-refractivity contribution in [3.63, 3.8) is 0 Å². The van der Waals surface area contributed by atoms with Crippen LogP contribution >= 0.6 is 0 Å². The number of nitrogens with one attached hydrogen (secondary N) is 1. The van der Waals surface area contributed by atoms with Crippen LogP contribution in [-0.2, 0) is 6.54 Å². The van der Waals surface area contributed by atoms with Crippen LogP contribution in [-0.4, -0.2) is 27.6 Å². The fourth-order valence-corrected chi connectivity index (χ4v) is 2.57. The van der Waals surface area contributed by atoms with E-state index in [1.54, 1.807) is 6.20 Å². The quantitative estimate of drug-likeness (QED) is 0.773. The van der Waals surface area contributed by atoms with E-state index in [9.17, 15) is 0 Å². The highest BCUT2D eigenvalue weighted by Crippen LogP contribution is 2.36. The minimum atomic E-state index is 0.479. The largest absolute Gasteiger partial charge is 0.313 e. The van der Waals surface area contributed by atoms with Crippen molar-refractivity contribution in [1.82, 2.24) is 20.3 Å². The highest BCUT2D eigenvalue weighted by atomic mass is 15.4. The third-order valence-corrected chi connectivity index (χ3v) is 3.68. The molecule has 4 nitrogen and oxygen atoms in total. The molecule has 16 heavy (non-hydrogen) atoms. The Kier molecular flexibility index (Phi) is 3.59. The number of rotatable bonds is 5. The molecule has 0 saturated heterocycles. The van der Waals surface area contributed by atoms with Gasteiger partial charge in [-0.3, -0.25) is 4.68 Å². The summed E-state index contributed by atoms with van der Waals surface area (Å²) in [6.07, 6.45) is 8.82. The predicted octanol–water partition coefficient (Wildman–Crippen LogP) is 1.84. The Morgan fingerprint density at radius 3 is 3.00 bits per heavy atom. The molecule has 1 saturated carbocycles. The van der Waals surface area contributed by atoms with Gasteiger partial charge in [-0.15, -0.1) is 5.10 Å². The molecule has 0 amide bonds. The van der Waals surface area contributed by atoms with Crippen molar-refractivity contribution in [2.75, 3.05) is 6.54 Å². The first-order chi connectivity index (χ1) is 7.68. The Morgan fingerprint density at radius 2 is 2.38 bits per heavy atom. The molecule has 1 N–H and O–H groups in total. The van der Waals surface area contributed by atoms with E-state index in [0.717, 1.165) is 19.5 Å². The van der Waals surface area contributed by atoms with E-state index >= 15 is 0 Å². The van der Waals surface area contributed by atoms with Crippen LogP contribution < -0.4 is 5.32 Å². The Hall–Kier alpha value is -0.900. The van der Waals surface area contributed by atoms with Gasteiger partial charge < -0.3 is 5.32 Å². The first-order valence-corrected chi connectivity index (χ1v) is 6.26. The average molecular weight is 222 g/mol. The third-order valence-electron chi connectivity index (χ3n) is 3.68. The summed E-state index contributed by atoms with van der Waals surface area (Å²) in [4.78, 5) is 0. The van der Waals surface area contributed by atoms with Gasteiger partial charge in [0.05, 0.1) is 6.20 Å². The van der Waals surface area contributed by atoms with E-state index in [1.165, 1.54) is 19.3 Å². The molecule has 0 radical (unpaired) electrons. The second-order valence-electron chi connectivity index (χ2n) is 5.41. The molecule has 0 aliphatic heterocycles. The Bertz CT molecular complexity index is 305. The van der Waals surface area contributed by atoms with E-state index in [-0.39, 0.29) is 0 Å². The molecule has 90 valence electrons. The van der Waals surface area contributed by atoms with Gasteiger partial charge >= 0.3 is 0 Å². The van der Waals surface area contributed by atoms with Gasteiger partial charge in [0.1, 0.15) is 0 Å². The molecule has 0 spiro atoms. The van der Waals surface area contributed by atoms with Crippen molar-refractivity contribution >= 4 is 0 Å². The van der Waals surface area contributed by atoms with Gasteiger partial charge in [-0.2, -0.15) is 0 Å². The van der Waals surface area contributed by atoms with E-state index in [4.69, 9.17) is 0 Å². The summed E-state index contributed by atoms with van der Waals surface area (Å²) in [5, 5.41) is 11.4. The molecule has 2 rings (SSSR count). The molecular weight excluding hydrogens is 200 g/mol. The SMILES string of the molecule is CC1(C)CCCC1NCCCn1ccnn1. The van der Waals surface area contributed by atoms with Crippen LogP contribution in [0.25, 0.3) is 0 Å². The minimum absolute atomic E-state index is 0.479. The zero-order valence-electron chi connectivity index (χ0n) is 10.3. The van der Waals surface area contributed by atoms with Gasteiger partial charge in [0, 0.05) is 18.8 Å². The van der Waals surface area contributed by atoms with Crippen molar-refractivity contribution in [1.29, 1.82) is 0 Å². The molecule has 1 atom stereocenters. The Balaban J connectivity index is 1.65. The van der Waals surface area contributed by atoms with E-state index in [2.05, 4.69) is 29.5 Å². The molecule has 4 heteroatoms. The molecule has 1 fully saturated rings. The van der Waals surface area contributed by atoms with Crippen molar-refractivity contribution < 1.29 is 0 Å². The first kappa shape index (κ1) is 11.6. The van der Waals surface area contributed by atoms with Crippen LogP contribution in [0, 0.1) is 5.41 Å². The topological polar surface area (TPSA) is 42.7 Å². The van der Waals surface area contributed by atoms with Crippen LogP contribution in [0.15, 0.2) is 12.4 Å². The minimum Gasteiger partial charge on any atom is -0.313 e. The zero-order chi connectivity index (χ0) is 11.4. The summed E-state index contributed by atoms with van der Waals surface area (Å²) in [5.74, 6) is 0. The van der Waals surface area contributed by atoms with Gasteiger partial charge in [0.15, 0.2) is 0 Å². The van der Waals surface area contributed by atoms with Crippen LogP contribution in [0.2, 0.25) is 0 Å². The number of nitrogens with zero attached hydrogens (tertiary/aromatic N) is 3. The number of aromatic nitrogens is 3. The fraction of sp³-hybridized carbons (Fsp3) is 0.833. The standard InChI is InChI=1S/C12H22N4/c1-12(2)6-3-5-11(12)13-7-4-9-16-10-8-14-15-16/h8,10-11,13H,3-7,9H2,1-2H3. The van der Waals surface area contributed by atoms with Gasteiger partial charge in [0.2, 0.25) is 0 Å². The van der Waals surface area contributed by atoms with Gasteiger partial charge in [-0.1, -0.05) is 25.5 Å². The second kappa shape index (κ2) is 4.95. The number of hydrogen-bond acceptors (Lipinski definition) is 3. The molecule has 1 unspecified atom stereocenters. The third kappa shape index (κ3) is 2.82. The lowest BCUT2D eigenvalue weighted by atomic mass is 9.87. The molecule has 1 aliphatic rings. The van der Waals surface area contributed by atoms with Crippen LogP contribution in [0.4, 0.5) is 0 Å². The summed E-state index contributed by atoms with van der Waals surface area (Å²) < 4.78 is 1.89. The summed E-state index contributed by atoms with van der Waals surface area (Å²) in [6.45, 7) is 6.78. The monoisotopic (exact) mass is 222 g/mol. The van der Waals surface area contributed by atoms with Gasteiger partial charge in [0.25, 0.3) is 0 Å². The lowest BCUT2D eigenvalue weighted by Crippen LogP contribution is -2.38. The number of aryl methyl sites for hydroxylation is 1. The maximum Gasteiger partial charge on any atom is 0.0692 e. The molecule has 0 aromatic carbocycles. The smallest absolute Gasteiger partial charge is 0.0692 e. The number of hydrogen-bond donors (Lipinski definition) is 1. The lowest BCUT2D eigenvalue weighted by Gasteiger charge is -2.27. The molecule has 0 bridgehead atoms. The maximum atomic E-state index is 3.95. The Morgan fingerprint density at radius 1 is 1.50 bits per heavy atom. The highest BCUT2D eigenvalue weighted by molar-refractivity contribution is 4.89. The summed E-state index contributed by atoms with van der Waals surface area (Å²) in [7, 11) is 0. The fourth-order valence-electron chi connectivity index (χ4n) is 2.57. The first-order valence-electron chi connectivity index (χ1n) is 6.26. The van der Waals surface area contributed by atoms with E-state index in [1.807, 2.05) is 10.9 Å². The molecular formula is C12H22N4.